The molecule has 36 heavy (non-hydrogen) atoms. The van der Waals surface area contributed by atoms with Gasteiger partial charge in [0.2, 0.25) is 0 Å². The fourth-order valence-electron chi connectivity index (χ4n) is 7.74. The molecule has 0 aliphatic heterocycles. The molecule has 1 nitrogen and oxygen atoms in total. The van der Waals surface area contributed by atoms with Gasteiger partial charge in [-0.05, 0) is 111 Å². The van der Waals surface area contributed by atoms with E-state index < -0.39 is 0 Å². The maximum atomic E-state index is 6.17. The van der Waals surface area contributed by atoms with E-state index in [0.29, 0.717) is 16.9 Å². The molecule has 1 heteroatoms. The zero-order valence-electron chi connectivity index (χ0n) is 23.9. The zero-order valence-corrected chi connectivity index (χ0v) is 23.9. The predicted octanol–water partition coefficient (Wildman–Crippen LogP) is 10.8. The van der Waals surface area contributed by atoms with Gasteiger partial charge < -0.3 is 4.74 Å². The van der Waals surface area contributed by atoms with Crippen LogP contribution < -0.4 is 0 Å². The standard InChI is InChI=1S/C35H56O/c1-3-5-7-9-11-13-29-36-33-20-16-31(17-21-33)30-14-18-32(19-15-30)35-26-23-34(24-27-35,25-28-35)22-12-10-8-6-4-2/h11,13-15,18-19,31,33H,3-10,12,16-17,20-29H2,1-2H3. The van der Waals surface area contributed by atoms with Crippen molar-refractivity contribution in [3.8, 4) is 0 Å². The van der Waals surface area contributed by atoms with Gasteiger partial charge in [0.1, 0.15) is 0 Å². The van der Waals surface area contributed by atoms with Crippen LogP contribution in [-0.4, -0.2) is 12.7 Å². The molecule has 4 aliphatic carbocycles. The highest BCUT2D eigenvalue weighted by molar-refractivity contribution is 5.33. The Kier molecular flexibility index (Phi) is 11.0. The van der Waals surface area contributed by atoms with Crippen LogP contribution in [0, 0.1) is 5.41 Å². The first-order valence-corrected chi connectivity index (χ1v) is 16.1. The summed E-state index contributed by atoms with van der Waals surface area (Å²) in [6.45, 7) is 5.39. The Balaban J connectivity index is 1.18. The smallest absolute Gasteiger partial charge is 0.0651 e. The van der Waals surface area contributed by atoms with E-state index >= 15 is 0 Å². The van der Waals surface area contributed by atoms with E-state index in [-0.39, 0.29) is 0 Å². The van der Waals surface area contributed by atoms with E-state index in [1.807, 2.05) is 0 Å². The summed E-state index contributed by atoms with van der Waals surface area (Å²) in [5, 5.41) is 0. The van der Waals surface area contributed by atoms with Crippen LogP contribution in [0.25, 0.3) is 0 Å². The van der Waals surface area contributed by atoms with Crippen LogP contribution in [0.3, 0.4) is 0 Å². The largest absolute Gasteiger partial charge is 0.374 e. The number of benzene rings is 1. The first kappa shape index (κ1) is 27.9. The molecule has 0 N–H and O–H groups in total. The van der Waals surface area contributed by atoms with E-state index in [4.69, 9.17) is 4.74 Å². The Hall–Kier alpha value is -1.08. The van der Waals surface area contributed by atoms with Crippen LogP contribution in [0.15, 0.2) is 36.4 Å². The van der Waals surface area contributed by atoms with Gasteiger partial charge in [-0.3, -0.25) is 0 Å². The average molecular weight is 493 g/mol. The van der Waals surface area contributed by atoms with Gasteiger partial charge >= 0.3 is 0 Å². The minimum absolute atomic E-state index is 0.469. The van der Waals surface area contributed by atoms with Crippen LogP contribution in [-0.2, 0) is 10.2 Å². The van der Waals surface area contributed by atoms with Crippen LogP contribution in [0.2, 0.25) is 0 Å². The number of hydrogen-bond donors (Lipinski definition) is 0. The molecule has 0 aromatic heterocycles. The third-order valence-corrected chi connectivity index (χ3v) is 10.5. The summed E-state index contributed by atoms with van der Waals surface area (Å²) in [5.41, 5.74) is 4.44. The Morgan fingerprint density at radius 2 is 1.36 bits per heavy atom. The molecule has 1 aromatic carbocycles. The topological polar surface area (TPSA) is 9.23 Å². The number of ether oxygens (including phenoxy) is 1. The number of rotatable bonds is 15. The monoisotopic (exact) mass is 492 g/mol. The highest BCUT2D eigenvalue weighted by Crippen LogP contribution is 2.59. The van der Waals surface area contributed by atoms with Crippen molar-refractivity contribution in [2.75, 3.05) is 6.61 Å². The van der Waals surface area contributed by atoms with E-state index in [0.717, 1.165) is 12.5 Å². The molecule has 4 aliphatic rings. The van der Waals surface area contributed by atoms with Gasteiger partial charge in [0, 0.05) is 0 Å². The summed E-state index contributed by atoms with van der Waals surface area (Å²) >= 11 is 0. The van der Waals surface area contributed by atoms with Crippen molar-refractivity contribution in [3.63, 3.8) is 0 Å². The van der Waals surface area contributed by atoms with E-state index in [9.17, 15) is 0 Å². The van der Waals surface area contributed by atoms with Crippen LogP contribution >= 0.6 is 0 Å². The van der Waals surface area contributed by atoms with Gasteiger partial charge in [-0.15, -0.1) is 0 Å². The van der Waals surface area contributed by atoms with E-state index in [1.54, 1.807) is 11.1 Å². The van der Waals surface area contributed by atoms with Gasteiger partial charge in [-0.2, -0.15) is 0 Å². The maximum Gasteiger partial charge on any atom is 0.0651 e. The molecule has 0 radical (unpaired) electrons. The van der Waals surface area contributed by atoms with Crippen molar-refractivity contribution in [2.24, 2.45) is 5.41 Å². The highest BCUT2D eigenvalue weighted by Gasteiger charge is 2.48. The molecule has 0 unspecified atom stereocenters. The van der Waals surface area contributed by atoms with Crippen molar-refractivity contribution < 1.29 is 4.74 Å². The van der Waals surface area contributed by atoms with Gasteiger partial charge in [-0.1, -0.05) is 95.2 Å². The molecule has 4 fully saturated rings. The first-order valence-electron chi connectivity index (χ1n) is 16.1. The predicted molar refractivity (Wildman–Crippen MR) is 156 cm³/mol. The summed E-state index contributed by atoms with van der Waals surface area (Å²) < 4.78 is 6.17. The molecule has 5 rings (SSSR count). The van der Waals surface area contributed by atoms with Crippen molar-refractivity contribution >= 4 is 0 Å². The van der Waals surface area contributed by atoms with E-state index in [2.05, 4.69) is 50.3 Å². The maximum absolute atomic E-state index is 6.17. The van der Waals surface area contributed by atoms with Crippen LogP contribution in [0.1, 0.15) is 159 Å². The summed E-state index contributed by atoms with van der Waals surface area (Å²) in [6, 6.07) is 10.1. The minimum atomic E-state index is 0.469. The van der Waals surface area contributed by atoms with Crippen molar-refractivity contribution in [1.29, 1.82) is 0 Å². The Morgan fingerprint density at radius 1 is 0.722 bits per heavy atom. The lowest BCUT2D eigenvalue weighted by molar-refractivity contribution is 0.0304. The molecule has 0 atom stereocenters. The third kappa shape index (κ3) is 7.49. The summed E-state index contributed by atoms with van der Waals surface area (Å²) in [5.74, 6) is 0.735. The SMILES string of the molecule is CCCCCC=CCOC1CCC(c2ccc(C34CCC(CCCCCCC)(CC3)CC4)cc2)CC1. The molecule has 1 aromatic rings. The molecule has 0 spiro atoms. The Morgan fingerprint density at radius 3 is 2.03 bits per heavy atom. The van der Waals surface area contributed by atoms with E-state index in [1.165, 1.54) is 128 Å². The normalized spacial score (nSPS) is 30.3. The molecule has 0 amide bonds. The van der Waals surface area contributed by atoms with Crippen molar-refractivity contribution in [1.82, 2.24) is 0 Å². The highest BCUT2D eigenvalue weighted by atomic mass is 16.5. The zero-order chi connectivity index (χ0) is 25.1. The number of hydrogen-bond acceptors (Lipinski definition) is 1. The third-order valence-electron chi connectivity index (χ3n) is 10.5. The first-order chi connectivity index (χ1) is 17.7. The molecule has 2 bridgehead atoms. The molecule has 4 saturated carbocycles. The van der Waals surface area contributed by atoms with Crippen LogP contribution in [0.4, 0.5) is 0 Å². The van der Waals surface area contributed by atoms with Gasteiger partial charge in [-0.25, -0.2) is 0 Å². The van der Waals surface area contributed by atoms with Crippen LogP contribution in [0.5, 0.6) is 0 Å². The second kappa shape index (κ2) is 14.2. The quantitative estimate of drug-likeness (QED) is 0.175. The fraction of sp³-hybridized carbons (Fsp3) is 0.771. The van der Waals surface area contributed by atoms with Gasteiger partial charge in [0.15, 0.2) is 0 Å². The number of fused-ring (bicyclic) bond motifs is 3. The number of allylic oxidation sites excluding steroid dienone is 1. The summed E-state index contributed by atoms with van der Waals surface area (Å²) in [7, 11) is 0. The van der Waals surface area contributed by atoms with Crippen molar-refractivity contribution in [3.05, 3.63) is 47.5 Å². The lowest BCUT2D eigenvalue weighted by atomic mass is 9.51. The second-order valence-corrected chi connectivity index (χ2v) is 12.8. The molecule has 0 heterocycles. The summed E-state index contributed by atoms with van der Waals surface area (Å²) in [4.78, 5) is 0. The van der Waals surface area contributed by atoms with Gasteiger partial charge in [0.05, 0.1) is 12.7 Å². The molecule has 202 valence electrons. The lowest BCUT2D eigenvalue weighted by Gasteiger charge is -2.54. The van der Waals surface area contributed by atoms with Gasteiger partial charge in [0.25, 0.3) is 0 Å². The Labute approximate surface area is 223 Å². The summed E-state index contributed by atoms with van der Waals surface area (Å²) in [6.07, 6.45) is 32.7. The van der Waals surface area contributed by atoms with Crippen molar-refractivity contribution in [2.45, 2.75) is 160 Å². The molecular weight excluding hydrogens is 436 g/mol. The fourth-order valence-corrected chi connectivity index (χ4v) is 7.74. The number of unbranched alkanes of at least 4 members (excludes halogenated alkanes) is 7. The lowest BCUT2D eigenvalue weighted by Crippen LogP contribution is -2.44. The molecule has 0 saturated heterocycles. The molecular formula is C35H56O. The minimum Gasteiger partial charge on any atom is -0.374 e. The Bertz CT molecular complexity index is 742. The second-order valence-electron chi connectivity index (χ2n) is 12.8. The average Bonchev–Trinajstić information content (AvgIpc) is 2.94.